The lowest BCUT2D eigenvalue weighted by Gasteiger charge is -2.33. The number of ether oxygens (including phenoxy) is 1. The third kappa shape index (κ3) is 5.65. The van der Waals surface area contributed by atoms with Crippen LogP contribution in [0.25, 0.3) is 0 Å². The van der Waals surface area contributed by atoms with Crippen LogP contribution in [0.2, 0.25) is 0 Å². The molecule has 0 bridgehead atoms. The molecule has 0 radical (unpaired) electrons. The van der Waals surface area contributed by atoms with Crippen LogP contribution >= 0.6 is 12.4 Å². The molecule has 0 spiro atoms. The van der Waals surface area contributed by atoms with E-state index in [9.17, 15) is 13.2 Å². The average molecular weight is 433 g/mol. The predicted octanol–water partition coefficient (Wildman–Crippen LogP) is 0.0392. The van der Waals surface area contributed by atoms with E-state index in [1.54, 1.807) is 24.3 Å². The molecular formula is C18H29ClN4O4S. The Morgan fingerprint density at radius 1 is 1.25 bits per heavy atom. The topological polar surface area (TPSA) is 91.0 Å². The quantitative estimate of drug-likeness (QED) is 0.659. The van der Waals surface area contributed by atoms with Crippen molar-refractivity contribution in [3.05, 3.63) is 29.8 Å². The van der Waals surface area contributed by atoms with E-state index in [4.69, 9.17) is 4.74 Å². The lowest BCUT2D eigenvalue weighted by molar-refractivity contribution is -0.123. The molecule has 0 unspecified atom stereocenters. The maximum absolute atomic E-state index is 13.0. The number of carbonyl (C=O) groups is 1. The Morgan fingerprint density at radius 2 is 1.96 bits per heavy atom. The van der Waals surface area contributed by atoms with Gasteiger partial charge in [-0.15, -0.1) is 12.4 Å². The number of morpholine rings is 1. The van der Waals surface area contributed by atoms with E-state index >= 15 is 0 Å². The molecular weight excluding hydrogens is 404 g/mol. The van der Waals surface area contributed by atoms with Gasteiger partial charge in [0.1, 0.15) is 0 Å². The summed E-state index contributed by atoms with van der Waals surface area (Å²) in [5.74, 6) is -0.0951. The van der Waals surface area contributed by atoms with Crippen molar-refractivity contribution in [1.82, 2.24) is 19.8 Å². The van der Waals surface area contributed by atoms with Crippen LogP contribution in [0.3, 0.4) is 0 Å². The number of rotatable bonds is 6. The van der Waals surface area contributed by atoms with E-state index < -0.39 is 10.0 Å². The number of hydrogen-bond acceptors (Lipinski definition) is 6. The Kier molecular flexibility index (Phi) is 8.66. The molecule has 2 aliphatic rings. The summed E-state index contributed by atoms with van der Waals surface area (Å²) in [6, 6.07) is 7.16. The van der Waals surface area contributed by atoms with E-state index in [1.807, 2.05) is 0 Å². The maximum atomic E-state index is 13.0. The third-order valence-corrected chi connectivity index (χ3v) is 7.02. The number of piperazine rings is 1. The van der Waals surface area contributed by atoms with Gasteiger partial charge < -0.3 is 15.4 Å². The Balaban J connectivity index is 0.00000280. The average Bonchev–Trinajstić information content (AvgIpc) is 2.69. The Hall–Kier alpha value is -1.23. The van der Waals surface area contributed by atoms with E-state index in [0.717, 1.165) is 19.6 Å². The smallest absolute Gasteiger partial charge is 0.243 e. The van der Waals surface area contributed by atoms with Crippen molar-refractivity contribution in [2.75, 3.05) is 52.5 Å². The van der Waals surface area contributed by atoms with Gasteiger partial charge in [0.25, 0.3) is 0 Å². The van der Waals surface area contributed by atoms with Gasteiger partial charge in [-0.05, 0) is 18.6 Å². The zero-order valence-electron chi connectivity index (χ0n) is 16.1. The summed E-state index contributed by atoms with van der Waals surface area (Å²) in [6.07, 6.45) is 0. The Bertz CT molecular complexity index is 756. The molecule has 0 saturated carbocycles. The largest absolute Gasteiger partial charge is 0.379 e. The van der Waals surface area contributed by atoms with Gasteiger partial charge in [0.05, 0.1) is 24.7 Å². The van der Waals surface area contributed by atoms with E-state index in [-0.39, 0.29) is 29.8 Å². The molecule has 0 aliphatic carbocycles. The first kappa shape index (κ1) is 23.1. The van der Waals surface area contributed by atoms with E-state index in [2.05, 4.69) is 22.5 Å². The Labute approximate surface area is 173 Å². The highest BCUT2D eigenvalue weighted by Gasteiger charge is 2.28. The van der Waals surface area contributed by atoms with Crippen LogP contribution < -0.4 is 10.6 Å². The number of sulfonamides is 1. The summed E-state index contributed by atoms with van der Waals surface area (Å²) in [4.78, 5) is 14.7. The van der Waals surface area contributed by atoms with Gasteiger partial charge in [0.15, 0.2) is 0 Å². The molecule has 2 saturated heterocycles. The highest BCUT2D eigenvalue weighted by atomic mass is 35.5. The number of halogens is 1. The van der Waals surface area contributed by atoms with Crippen LogP contribution in [0.4, 0.5) is 0 Å². The lowest BCUT2D eigenvalue weighted by atomic mass is 10.2. The van der Waals surface area contributed by atoms with Crippen molar-refractivity contribution in [3.63, 3.8) is 0 Å². The predicted molar refractivity (Wildman–Crippen MR) is 109 cm³/mol. The second-order valence-electron chi connectivity index (χ2n) is 6.92. The SMILES string of the molecule is C[C@H]1CNCCN1CC(=O)NCc1ccccc1S(=O)(=O)N1CCOCC1.Cl. The fourth-order valence-electron chi connectivity index (χ4n) is 3.38. The molecule has 2 heterocycles. The van der Waals surface area contributed by atoms with Crippen molar-refractivity contribution in [2.24, 2.45) is 0 Å². The van der Waals surface area contributed by atoms with Gasteiger partial charge in [0, 0.05) is 45.3 Å². The van der Waals surface area contributed by atoms with Crippen LogP contribution in [0, 0.1) is 0 Å². The number of nitrogens with one attached hydrogen (secondary N) is 2. The molecule has 8 nitrogen and oxygen atoms in total. The number of amides is 1. The molecule has 1 aromatic rings. The fourth-order valence-corrected chi connectivity index (χ4v) is 5.01. The summed E-state index contributed by atoms with van der Waals surface area (Å²) < 4.78 is 32.6. The van der Waals surface area contributed by atoms with Gasteiger partial charge in [-0.2, -0.15) is 4.31 Å². The second-order valence-corrected chi connectivity index (χ2v) is 8.83. The molecule has 0 aromatic heterocycles. The molecule has 158 valence electrons. The first-order valence-corrected chi connectivity index (χ1v) is 10.8. The molecule has 3 rings (SSSR count). The van der Waals surface area contributed by atoms with Gasteiger partial charge in [-0.1, -0.05) is 18.2 Å². The van der Waals surface area contributed by atoms with Crippen molar-refractivity contribution >= 4 is 28.3 Å². The maximum Gasteiger partial charge on any atom is 0.243 e. The van der Waals surface area contributed by atoms with E-state index in [0.29, 0.717) is 44.5 Å². The molecule has 1 amide bonds. The van der Waals surface area contributed by atoms with E-state index in [1.165, 1.54) is 4.31 Å². The first-order valence-electron chi connectivity index (χ1n) is 9.36. The summed E-state index contributed by atoms with van der Waals surface area (Å²) >= 11 is 0. The normalized spacial score (nSPS) is 21.7. The number of carbonyl (C=O) groups excluding carboxylic acids is 1. The first-order chi connectivity index (χ1) is 13.0. The molecule has 2 fully saturated rings. The Morgan fingerprint density at radius 3 is 2.68 bits per heavy atom. The highest BCUT2D eigenvalue weighted by Crippen LogP contribution is 2.21. The van der Waals surface area contributed by atoms with Crippen LogP contribution in [0.1, 0.15) is 12.5 Å². The van der Waals surface area contributed by atoms with Gasteiger partial charge in [-0.25, -0.2) is 8.42 Å². The van der Waals surface area contributed by atoms with Crippen LogP contribution in [-0.2, 0) is 26.1 Å². The molecule has 10 heteroatoms. The fraction of sp³-hybridized carbons (Fsp3) is 0.611. The minimum atomic E-state index is -3.59. The van der Waals surface area contributed by atoms with Gasteiger partial charge in [0.2, 0.25) is 15.9 Å². The summed E-state index contributed by atoms with van der Waals surface area (Å²) in [5.41, 5.74) is 0.603. The second kappa shape index (κ2) is 10.5. The standard InChI is InChI=1S/C18H28N4O4S.ClH/c1-15-12-19-6-7-21(15)14-18(23)20-13-16-4-2-3-5-17(16)27(24,25)22-8-10-26-11-9-22;/h2-5,15,19H,6-14H2,1H3,(H,20,23);1H/t15-;/m0./s1. The summed E-state index contributed by atoms with van der Waals surface area (Å²) in [7, 11) is -3.59. The number of hydrogen-bond donors (Lipinski definition) is 2. The van der Waals surface area contributed by atoms with Crippen molar-refractivity contribution in [3.8, 4) is 0 Å². The zero-order valence-corrected chi connectivity index (χ0v) is 17.7. The van der Waals surface area contributed by atoms with Gasteiger partial charge >= 0.3 is 0 Å². The molecule has 2 aliphatic heterocycles. The summed E-state index contributed by atoms with van der Waals surface area (Å²) in [5, 5.41) is 6.17. The van der Waals surface area contributed by atoms with Crippen molar-refractivity contribution in [2.45, 2.75) is 24.4 Å². The molecule has 28 heavy (non-hydrogen) atoms. The molecule has 1 atom stereocenters. The third-order valence-electron chi connectivity index (χ3n) is 5.02. The summed E-state index contributed by atoms with van der Waals surface area (Å²) in [6.45, 7) is 6.68. The van der Waals surface area contributed by atoms with Crippen molar-refractivity contribution in [1.29, 1.82) is 0 Å². The highest BCUT2D eigenvalue weighted by molar-refractivity contribution is 7.89. The molecule has 2 N–H and O–H groups in total. The van der Waals surface area contributed by atoms with Gasteiger partial charge in [-0.3, -0.25) is 9.69 Å². The zero-order chi connectivity index (χ0) is 19.3. The monoisotopic (exact) mass is 432 g/mol. The minimum absolute atomic E-state index is 0. The van der Waals surface area contributed by atoms with Crippen LogP contribution in [-0.4, -0.2) is 82.1 Å². The molecule has 1 aromatic carbocycles. The van der Waals surface area contributed by atoms with Crippen LogP contribution in [0.5, 0.6) is 0 Å². The minimum Gasteiger partial charge on any atom is -0.379 e. The van der Waals surface area contributed by atoms with Crippen molar-refractivity contribution < 1.29 is 17.9 Å². The number of benzene rings is 1. The lowest BCUT2D eigenvalue weighted by Crippen LogP contribution is -2.52. The van der Waals surface area contributed by atoms with Crippen LogP contribution in [0.15, 0.2) is 29.2 Å². The number of nitrogens with zero attached hydrogens (tertiary/aromatic N) is 2.